The van der Waals surface area contributed by atoms with Gasteiger partial charge in [-0.05, 0) is 38.5 Å². The van der Waals surface area contributed by atoms with E-state index in [1.807, 2.05) is 0 Å². The molecule has 0 radical (unpaired) electrons. The standard InChI is InChI=1S/C14H27NO/c1-5-14(4)12(9-13(14)16-6-2)15-11-7-10(3)8-11/h10-13,15H,5-9H2,1-4H3. The maximum absolute atomic E-state index is 5.83. The van der Waals surface area contributed by atoms with Crippen molar-refractivity contribution in [3.8, 4) is 0 Å². The molecule has 3 unspecified atom stereocenters. The Morgan fingerprint density at radius 3 is 2.44 bits per heavy atom. The molecule has 3 atom stereocenters. The first-order valence-electron chi connectivity index (χ1n) is 6.97. The minimum atomic E-state index is 0.370. The zero-order valence-corrected chi connectivity index (χ0v) is 11.3. The van der Waals surface area contributed by atoms with Gasteiger partial charge in [0.25, 0.3) is 0 Å². The van der Waals surface area contributed by atoms with Crippen molar-refractivity contribution in [3.05, 3.63) is 0 Å². The Labute approximate surface area is 100 Å². The van der Waals surface area contributed by atoms with Crippen LogP contribution in [0.1, 0.15) is 53.4 Å². The lowest BCUT2D eigenvalue weighted by molar-refractivity contribution is -0.130. The predicted molar refractivity (Wildman–Crippen MR) is 67.5 cm³/mol. The largest absolute Gasteiger partial charge is 0.378 e. The third-order valence-electron chi connectivity index (χ3n) is 4.92. The van der Waals surface area contributed by atoms with Gasteiger partial charge in [-0.15, -0.1) is 0 Å². The number of hydrogen-bond donors (Lipinski definition) is 1. The van der Waals surface area contributed by atoms with Crippen LogP contribution in [0, 0.1) is 11.3 Å². The molecule has 2 nitrogen and oxygen atoms in total. The zero-order valence-electron chi connectivity index (χ0n) is 11.3. The molecule has 2 rings (SSSR count). The smallest absolute Gasteiger partial charge is 0.0658 e. The fourth-order valence-corrected chi connectivity index (χ4v) is 3.33. The minimum absolute atomic E-state index is 0.370. The zero-order chi connectivity index (χ0) is 11.8. The first-order valence-corrected chi connectivity index (χ1v) is 6.97. The van der Waals surface area contributed by atoms with Crippen LogP contribution < -0.4 is 5.32 Å². The van der Waals surface area contributed by atoms with Gasteiger partial charge in [-0.1, -0.05) is 20.8 Å². The average molecular weight is 225 g/mol. The normalized spacial score (nSPS) is 47.2. The summed E-state index contributed by atoms with van der Waals surface area (Å²) in [5, 5.41) is 3.83. The van der Waals surface area contributed by atoms with E-state index in [0.29, 0.717) is 17.6 Å². The summed E-state index contributed by atoms with van der Waals surface area (Å²) in [6.45, 7) is 9.98. The van der Waals surface area contributed by atoms with Crippen LogP contribution in [0.5, 0.6) is 0 Å². The molecule has 0 aliphatic heterocycles. The highest BCUT2D eigenvalue weighted by Gasteiger charge is 2.51. The molecule has 0 aromatic rings. The van der Waals surface area contributed by atoms with Crippen LogP contribution in [-0.4, -0.2) is 24.8 Å². The van der Waals surface area contributed by atoms with E-state index >= 15 is 0 Å². The third kappa shape index (κ3) is 2.02. The predicted octanol–water partition coefficient (Wildman–Crippen LogP) is 2.97. The quantitative estimate of drug-likeness (QED) is 0.776. The molecule has 2 aliphatic carbocycles. The lowest BCUT2D eigenvalue weighted by Gasteiger charge is -2.56. The van der Waals surface area contributed by atoms with Crippen molar-refractivity contribution in [2.45, 2.75) is 71.6 Å². The highest BCUT2D eigenvalue weighted by atomic mass is 16.5. The Bertz CT molecular complexity index is 237. The third-order valence-corrected chi connectivity index (χ3v) is 4.92. The van der Waals surface area contributed by atoms with Gasteiger partial charge in [-0.25, -0.2) is 0 Å². The van der Waals surface area contributed by atoms with E-state index in [2.05, 4.69) is 33.0 Å². The number of ether oxygens (including phenoxy) is 1. The number of hydrogen-bond acceptors (Lipinski definition) is 2. The van der Waals surface area contributed by atoms with Gasteiger partial charge in [-0.3, -0.25) is 0 Å². The van der Waals surface area contributed by atoms with E-state index in [1.54, 1.807) is 0 Å². The molecule has 0 amide bonds. The molecule has 2 heteroatoms. The highest BCUT2D eigenvalue weighted by molar-refractivity contribution is 5.06. The topological polar surface area (TPSA) is 21.3 Å². The van der Waals surface area contributed by atoms with Gasteiger partial charge in [0.2, 0.25) is 0 Å². The van der Waals surface area contributed by atoms with Crippen LogP contribution in [0.25, 0.3) is 0 Å². The van der Waals surface area contributed by atoms with Gasteiger partial charge >= 0.3 is 0 Å². The van der Waals surface area contributed by atoms with E-state index in [1.165, 1.54) is 25.7 Å². The van der Waals surface area contributed by atoms with Gasteiger partial charge in [-0.2, -0.15) is 0 Å². The lowest BCUT2D eigenvalue weighted by atomic mass is 9.61. The number of rotatable bonds is 5. The maximum atomic E-state index is 5.83. The summed E-state index contributed by atoms with van der Waals surface area (Å²) in [6.07, 6.45) is 5.66. The van der Waals surface area contributed by atoms with Gasteiger partial charge in [0, 0.05) is 24.1 Å². The first kappa shape index (κ1) is 12.4. The molecule has 0 spiro atoms. The summed E-state index contributed by atoms with van der Waals surface area (Å²) in [5.41, 5.74) is 0.370. The Morgan fingerprint density at radius 2 is 1.94 bits per heavy atom. The molecule has 0 bridgehead atoms. The Morgan fingerprint density at radius 1 is 1.25 bits per heavy atom. The summed E-state index contributed by atoms with van der Waals surface area (Å²) < 4.78 is 5.83. The second-order valence-electron chi connectivity index (χ2n) is 6.03. The second-order valence-corrected chi connectivity index (χ2v) is 6.03. The average Bonchev–Trinajstić information content (AvgIpc) is 2.23. The summed E-state index contributed by atoms with van der Waals surface area (Å²) >= 11 is 0. The van der Waals surface area contributed by atoms with Gasteiger partial charge in [0.1, 0.15) is 0 Å². The van der Waals surface area contributed by atoms with Crippen molar-refractivity contribution in [3.63, 3.8) is 0 Å². The monoisotopic (exact) mass is 225 g/mol. The van der Waals surface area contributed by atoms with Gasteiger partial charge in [0.15, 0.2) is 0 Å². The molecule has 16 heavy (non-hydrogen) atoms. The fraction of sp³-hybridized carbons (Fsp3) is 1.00. The molecular formula is C14H27NO. The molecule has 94 valence electrons. The van der Waals surface area contributed by atoms with Crippen LogP contribution in [-0.2, 0) is 4.74 Å². The van der Waals surface area contributed by atoms with E-state index in [4.69, 9.17) is 4.74 Å². The molecular weight excluding hydrogens is 198 g/mol. The van der Waals surface area contributed by atoms with Crippen LogP contribution in [0.3, 0.4) is 0 Å². The maximum Gasteiger partial charge on any atom is 0.0658 e. The summed E-state index contributed by atoms with van der Waals surface area (Å²) in [7, 11) is 0. The van der Waals surface area contributed by atoms with Crippen LogP contribution in [0.2, 0.25) is 0 Å². The summed E-state index contributed by atoms with van der Waals surface area (Å²) in [5.74, 6) is 0.938. The van der Waals surface area contributed by atoms with E-state index in [-0.39, 0.29) is 0 Å². The van der Waals surface area contributed by atoms with Crippen LogP contribution >= 0.6 is 0 Å². The molecule has 0 aromatic heterocycles. The Kier molecular flexibility index (Phi) is 3.60. The highest BCUT2D eigenvalue weighted by Crippen LogP contribution is 2.46. The number of nitrogens with one attached hydrogen (secondary N) is 1. The van der Waals surface area contributed by atoms with Gasteiger partial charge in [0.05, 0.1) is 6.10 Å². The Hall–Kier alpha value is -0.0800. The van der Waals surface area contributed by atoms with Crippen LogP contribution in [0.15, 0.2) is 0 Å². The van der Waals surface area contributed by atoms with E-state index < -0.39 is 0 Å². The molecule has 2 saturated carbocycles. The molecule has 0 saturated heterocycles. The minimum Gasteiger partial charge on any atom is -0.378 e. The fourth-order valence-electron chi connectivity index (χ4n) is 3.33. The van der Waals surface area contributed by atoms with Crippen molar-refractivity contribution >= 4 is 0 Å². The Balaban J connectivity index is 1.83. The molecule has 2 fully saturated rings. The van der Waals surface area contributed by atoms with Crippen molar-refractivity contribution in [1.82, 2.24) is 5.32 Å². The molecule has 1 N–H and O–H groups in total. The van der Waals surface area contributed by atoms with Crippen molar-refractivity contribution in [2.75, 3.05) is 6.61 Å². The summed E-state index contributed by atoms with van der Waals surface area (Å²) in [4.78, 5) is 0. The van der Waals surface area contributed by atoms with Crippen molar-refractivity contribution in [2.24, 2.45) is 11.3 Å². The molecule has 0 heterocycles. The van der Waals surface area contributed by atoms with Crippen molar-refractivity contribution in [1.29, 1.82) is 0 Å². The van der Waals surface area contributed by atoms with Crippen molar-refractivity contribution < 1.29 is 4.74 Å². The van der Waals surface area contributed by atoms with Crippen LogP contribution in [0.4, 0.5) is 0 Å². The lowest BCUT2D eigenvalue weighted by Crippen LogP contribution is -2.65. The molecule has 2 aliphatic rings. The SMILES string of the molecule is CCOC1CC(NC2CC(C)C2)C1(C)CC. The first-order chi connectivity index (χ1) is 7.60. The second kappa shape index (κ2) is 4.66. The van der Waals surface area contributed by atoms with E-state index in [9.17, 15) is 0 Å². The van der Waals surface area contributed by atoms with Gasteiger partial charge < -0.3 is 10.1 Å². The van der Waals surface area contributed by atoms with E-state index in [0.717, 1.165) is 18.6 Å². The molecule has 0 aromatic carbocycles. The summed E-state index contributed by atoms with van der Waals surface area (Å²) in [6, 6.07) is 1.47.